The van der Waals surface area contributed by atoms with Gasteiger partial charge in [0.25, 0.3) is 0 Å². The standard InChI is InChI=1S/C6H9N/c1-3-4-5-6(2)7/h3-5H,1-2,7H2. The Morgan fingerprint density at radius 1 is 1.57 bits per heavy atom. The Morgan fingerprint density at radius 2 is 2.14 bits per heavy atom. The van der Waals surface area contributed by atoms with Crippen molar-refractivity contribution in [1.29, 1.82) is 0 Å². The molecule has 1 heteroatoms. The first-order valence-corrected chi connectivity index (χ1v) is 2.01. The molecule has 0 aliphatic rings. The molecule has 38 valence electrons. The Balaban J connectivity index is 3.46. The van der Waals surface area contributed by atoms with Crippen LogP contribution in [0.1, 0.15) is 0 Å². The van der Waals surface area contributed by atoms with E-state index in [4.69, 9.17) is 5.73 Å². The molecule has 2 N–H and O–H groups in total. The average Bonchev–Trinajstić information content (AvgIpc) is 1.61. The van der Waals surface area contributed by atoms with E-state index in [9.17, 15) is 0 Å². The molecule has 0 radical (unpaired) electrons. The number of rotatable bonds is 2. The van der Waals surface area contributed by atoms with Crippen molar-refractivity contribution < 1.29 is 0 Å². The van der Waals surface area contributed by atoms with Gasteiger partial charge in [0.1, 0.15) is 0 Å². The van der Waals surface area contributed by atoms with Crippen LogP contribution in [0.4, 0.5) is 0 Å². The summed E-state index contributed by atoms with van der Waals surface area (Å²) in [6.07, 6.45) is 5.08. The van der Waals surface area contributed by atoms with Crippen LogP contribution in [0.5, 0.6) is 0 Å². The summed E-state index contributed by atoms with van der Waals surface area (Å²) in [4.78, 5) is 0. The second-order valence-electron chi connectivity index (χ2n) is 1.17. The molecular formula is C6H9N. The predicted molar refractivity (Wildman–Crippen MR) is 32.7 cm³/mol. The molecule has 0 saturated carbocycles. The van der Waals surface area contributed by atoms with E-state index in [1.54, 1.807) is 18.2 Å². The van der Waals surface area contributed by atoms with Crippen LogP contribution >= 0.6 is 0 Å². The van der Waals surface area contributed by atoms with E-state index in [2.05, 4.69) is 13.2 Å². The van der Waals surface area contributed by atoms with E-state index in [1.165, 1.54) is 0 Å². The first-order valence-electron chi connectivity index (χ1n) is 2.01. The highest BCUT2D eigenvalue weighted by atomic mass is 14.5. The van der Waals surface area contributed by atoms with Gasteiger partial charge in [0, 0.05) is 5.70 Å². The summed E-state index contributed by atoms with van der Waals surface area (Å²) in [5.74, 6) is 0. The Bertz CT molecular complexity index is 101. The van der Waals surface area contributed by atoms with E-state index >= 15 is 0 Å². The van der Waals surface area contributed by atoms with Crippen LogP contribution in [0.25, 0.3) is 0 Å². The fraction of sp³-hybridized carbons (Fsp3) is 0. The molecular weight excluding hydrogens is 86.1 g/mol. The molecule has 0 atom stereocenters. The van der Waals surface area contributed by atoms with Crippen LogP contribution in [0, 0.1) is 0 Å². The smallest absolute Gasteiger partial charge is 0.0240 e. The van der Waals surface area contributed by atoms with Crippen LogP contribution in [0.3, 0.4) is 0 Å². The third-order valence-corrected chi connectivity index (χ3v) is 0.446. The van der Waals surface area contributed by atoms with Crippen LogP contribution < -0.4 is 5.73 Å². The van der Waals surface area contributed by atoms with Gasteiger partial charge in [-0.15, -0.1) is 0 Å². The normalized spacial score (nSPS) is 9.14. The summed E-state index contributed by atoms with van der Waals surface area (Å²) in [7, 11) is 0. The zero-order chi connectivity index (χ0) is 5.70. The quantitative estimate of drug-likeness (QED) is 0.512. The Kier molecular flexibility index (Phi) is 2.77. The largest absolute Gasteiger partial charge is 0.399 e. The summed E-state index contributed by atoms with van der Waals surface area (Å²) in [6, 6.07) is 0. The van der Waals surface area contributed by atoms with E-state index in [1.807, 2.05) is 0 Å². The van der Waals surface area contributed by atoms with Crippen molar-refractivity contribution >= 4 is 0 Å². The molecule has 0 amide bonds. The molecule has 0 fully saturated rings. The number of hydrogen-bond donors (Lipinski definition) is 1. The zero-order valence-electron chi connectivity index (χ0n) is 4.22. The van der Waals surface area contributed by atoms with E-state index < -0.39 is 0 Å². The molecule has 0 rings (SSSR count). The number of nitrogens with two attached hydrogens (primary N) is 1. The minimum atomic E-state index is 0.555. The van der Waals surface area contributed by atoms with Gasteiger partial charge in [-0.25, -0.2) is 0 Å². The van der Waals surface area contributed by atoms with Gasteiger partial charge in [0.2, 0.25) is 0 Å². The third kappa shape index (κ3) is 5.02. The van der Waals surface area contributed by atoms with E-state index in [-0.39, 0.29) is 0 Å². The van der Waals surface area contributed by atoms with Gasteiger partial charge in [-0.1, -0.05) is 25.3 Å². The van der Waals surface area contributed by atoms with Gasteiger partial charge in [-0.3, -0.25) is 0 Å². The van der Waals surface area contributed by atoms with Crippen molar-refractivity contribution in [3.8, 4) is 0 Å². The minimum Gasteiger partial charge on any atom is -0.399 e. The molecule has 0 saturated heterocycles. The van der Waals surface area contributed by atoms with Gasteiger partial charge >= 0.3 is 0 Å². The summed E-state index contributed by atoms with van der Waals surface area (Å²) in [6.45, 7) is 6.88. The first-order chi connectivity index (χ1) is 3.27. The number of hydrogen-bond acceptors (Lipinski definition) is 1. The van der Waals surface area contributed by atoms with Gasteiger partial charge < -0.3 is 5.73 Å². The van der Waals surface area contributed by atoms with Crippen molar-refractivity contribution in [2.24, 2.45) is 5.73 Å². The van der Waals surface area contributed by atoms with Crippen molar-refractivity contribution in [2.75, 3.05) is 0 Å². The highest BCUT2D eigenvalue weighted by molar-refractivity contribution is 5.14. The van der Waals surface area contributed by atoms with Crippen LogP contribution in [0.2, 0.25) is 0 Å². The van der Waals surface area contributed by atoms with Gasteiger partial charge in [-0.2, -0.15) is 0 Å². The fourth-order valence-corrected chi connectivity index (χ4v) is 0.192. The Morgan fingerprint density at radius 3 is 2.29 bits per heavy atom. The summed E-state index contributed by atoms with van der Waals surface area (Å²) in [5.41, 5.74) is 5.70. The van der Waals surface area contributed by atoms with Crippen molar-refractivity contribution in [1.82, 2.24) is 0 Å². The summed E-state index contributed by atoms with van der Waals surface area (Å²) >= 11 is 0. The molecule has 7 heavy (non-hydrogen) atoms. The lowest BCUT2D eigenvalue weighted by molar-refractivity contribution is 1.45. The average molecular weight is 95.1 g/mol. The monoisotopic (exact) mass is 95.1 g/mol. The minimum absolute atomic E-state index is 0.555. The summed E-state index contributed by atoms with van der Waals surface area (Å²) < 4.78 is 0. The Hall–Kier alpha value is -0.980. The van der Waals surface area contributed by atoms with Crippen LogP contribution in [-0.2, 0) is 0 Å². The van der Waals surface area contributed by atoms with Crippen molar-refractivity contribution in [3.63, 3.8) is 0 Å². The lowest BCUT2D eigenvalue weighted by Crippen LogP contribution is -1.87. The maximum Gasteiger partial charge on any atom is 0.0240 e. The lowest BCUT2D eigenvalue weighted by Gasteiger charge is -1.78. The van der Waals surface area contributed by atoms with Crippen molar-refractivity contribution in [3.05, 3.63) is 37.1 Å². The molecule has 0 aliphatic carbocycles. The molecule has 0 aliphatic heterocycles. The highest BCUT2D eigenvalue weighted by Crippen LogP contribution is 1.78. The maximum absolute atomic E-state index is 5.15. The van der Waals surface area contributed by atoms with Gasteiger partial charge in [0.05, 0.1) is 0 Å². The van der Waals surface area contributed by atoms with Gasteiger partial charge in [0.15, 0.2) is 0 Å². The topological polar surface area (TPSA) is 26.0 Å². The van der Waals surface area contributed by atoms with E-state index in [0.717, 1.165) is 0 Å². The third-order valence-electron chi connectivity index (χ3n) is 0.446. The molecule has 0 heterocycles. The maximum atomic E-state index is 5.15. The van der Waals surface area contributed by atoms with Crippen LogP contribution in [0.15, 0.2) is 37.1 Å². The van der Waals surface area contributed by atoms with Gasteiger partial charge in [-0.05, 0) is 6.08 Å². The molecule has 0 spiro atoms. The fourth-order valence-electron chi connectivity index (χ4n) is 0.192. The van der Waals surface area contributed by atoms with Crippen molar-refractivity contribution in [2.45, 2.75) is 0 Å². The lowest BCUT2D eigenvalue weighted by atomic mass is 10.4. The SMILES string of the molecule is C=CC=CC(=C)N. The molecule has 0 bridgehead atoms. The Labute approximate surface area is 43.8 Å². The molecule has 0 unspecified atom stereocenters. The van der Waals surface area contributed by atoms with E-state index in [0.29, 0.717) is 5.70 Å². The molecule has 0 aromatic carbocycles. The summed E-state index contributed by atoms with van der Waals surface area (Å²) in [5, 5.41) is 0. The second kappa shape index (κ2) is 3.22. The molecule has 0 aromatic rings. The molecule has 0 aromatic heterocycles. The highest BCUT2D eigenvalue weighted by Gasteiger charge is 1.65. The predicted octanol–water partition coefficient (Wildman–Crippen LogP) is 1.20. The second-order valence-corrected chi connectivity index (χ2v) is 1.17. The zero-order valence-corrected chi connectivity index (χ0v) is 4.22. The van der Waals surface area contributed by atoms with Crippen LogP contribution in [-0.4, -0.2) is 0 Å². The number of allylic oxidation sites excluding steroid dienone is 3. The first kappa shape index (κ1) is 6.02. The molecule has 1 nitrogen and oxygen atoms in total.